The predicted octanol–water partition coefficient (Wildman–Crippen LogP) is 2.76. The van der Waals surface area contributed by atoms with Crippen molar-refractivity contribution in [1.82, 2.24) is 9.97 Å². The van der Waals surface area contributed by atoms with Gasteiger partial charge in [-0.25, -0.2) is 10.8 Å². The summed E-state index contributed by atoms with van der Waals surface area (Å²) in [5, 5.41) is 0.416. The molecule has 0 bridgehead atoms. The van der Waals surface area contributed by atoms with Crippen LogP contribution in [0, 0.1) is 5.41 Å². The number of rotatable bonds is 3. The number of nitrogens with zero attached hydrogens (tertiary/aromatic N) is 2. The van der Waals surface area contributed by atoms with Gasteiger partial charge in [0.25, 0.3) is 0 Å². The standard InChI is InChI=1S/C12H19ClN4O/c1-12(2)5-3-8(4-6-12)18-10-9(13)7-15-11(16-10)17-14/h7-8H,3-6,14H2,1-2H3,(H,15,16,17). The molecule has 1 heterocycles. The van der Waals surface area contributed by atoms with Crippen LogP contribution in [0.15, 0.2) is 6.20 Å². The Hall–Kier alpha value is -1.07. The quantitative estimate of drug-likeness (QED) is 0.653. The maximum absolute atomic E-state index is 6.01. The number of nitrogens with one attached hydrogen (secondary N) is 1. The Morgan fingerprint density at radius 1 is 1.44 bits per heavy atom. The van der Waals surface area contributed by atoms with Gasteiger partial charge in [0.15, 0.2) is 0 Å². The fraction of sp³-hybridized carbons (Fsp3) is 0.667. The number of nitrogens with two attached hydrogens (primary N) is 1. The van der Waals surface area contributed by atoms with Gasteiger partial charge in [0, 0.05) is 0 Å². The zero-order chi connectivity index (χ0) is 13.2. The summed E-state index contributed by atoms with van der Waals surface area (Å²) in [6.07, 6.45) is 6.03. The highest BCUT2D eigenvalue weighted by molar-refractivity contribution is 6.31. The van der Waals surface area contributed by atoms with Gasteiger partial charge in [-0.2, -0.15) is 4.98 Å². The summed E-state index contributed by atoms with van der Waals surface area (Å²) in [5.41, 5.74) is 2.80. The molecule has 3 N–H and O–H groups in total. The van der Waals surface area contributed by atoms with Crippen LogP contribution in [0.4, 0.5) is 5.95 Å². The molecule has 100 valence electrons. The number of hydrogen-bond donors (Lipinski definition) is 2. The molecule has 1 aliphatic rings. The first kappa shape index (κ1) is 13.4. The molecule has 1 saturated carbocycles. The van der Waals surface area contributed by atoms with Crippen LogP contribution in [0.1, 0.15) is 39.5 Å². The summed E-state index contributed by atoms with van der Waals surface area (Å²) in [7, 11) is 0. The molecule has 6 heteroatoms. The molecule has 0 aliphatic heterocycles. The third kappa shape index (κ3) is 3.23. The van der Waals surface area contributed by atoms with E-state index in [1.807, 2.05) is 0 Å². The molecule has 0 amide bonds. The molecule has 0 spiro atoms. The van der Waals surface area contributed by atoms with Gasteiger partial charge >= 0.3 is 0 Å². The highest BCUT2D eigenvalue weighted by Gasteiger charge is 2.28. The lowest BCUT2D eigenvalue weighted by Crippen LogP contribution is -2.28. The molecule has 0 unspecified atom stereocenters. The Morgan fingerprint density at radius 2 is 2.11 bits per heavy atom. The highest BCUT2D eigenvalue weighted by atomic mass is 35.5. The number of nitrogen functional groups attached to an aromatic ring is 1. The van der Waals surface area contributed by atoms with Gasteiger partial charge in [0.05, 0.1) is 6.20 Å². The number of aromatic nitrogens is 2. The minimum absolute atomic E-state index is 0.177. The average molecular weight is 271 g/mol. The van der Waals surface area contributed by atoms with Crippen molar-refractivity contribution in [1.29, 1.82) is 0 Å². The monoisotopic (exact) mass is 270 g/mol. The fourth-order valence-corrected chi connectivity index (χ4v) is 2.29. The van der Waals surface area contributed by atoms with Gasteiger partial charge in [0.2, 0.25) is 11.8 Å². The third-order valence-corrected chi connectivity index (χ3v) is 3.66. The summed E-state index contributed by atoms with van der Waals surface area (Å²) in [4.78, 5) is 8.03. The first-order valence-electron chi connectivity index (χ1n) is 6.16. The maximum atomic E-state index is 6.01. The Bertz CT molecular complexity index is 415. The van der Waals surface area contributed by atoms with Gasteiger partial charge < -0.3 is 4.74 Å². The van der Waals surface area contributed by atoms with E-state index < -0.39 is 0 Å². The summed E-state index contributed by atoms with van der Waals surface area (Å²) in [6, 6.07) is 0. The highest BCUT2D eigenvalue weighted by Crippen LogP contribution is 2.37. The van der Waals surface area contributed by atoms with Crippen LogP contribution in [0.3, 0.4) is 0 Å². The lowest BCUT2D eigenvalue weighted by atomic mass is 9.76. The number of ether oxygens (including phenoxy) is 1. The first-order chi connectivity index (χ1) is 8.50. The molecule has 1 aromatic rings. The fourth-order valence-electron chi connectivity index (χ4n) is 2.15. The second-order valence-electron chi connectivity index (χ2n) is 5.47. The summed E-state index contributed by atoms with van der Waals surface area (Å²) < 4.78 is 5.84. The molecule has 0 atom stereocenters. The van der Waals surface area contributed by atoms with E-state index in [0.29, 0.717) is 22.3 Å². The molecular weight excluding hydrogens is 252 g/mol. The van der Waals surface area contributed by atoms with Crippen LogP contribution in [-0.4, -0.2) is 16.1 Å². The zero-order valence-electron chi connectivity index (χ0n) is 10.7. The molecule has 1 fully saturated rings. The zero-order valence-corrected chi connectivity index (χ0v) is 11.5. The maximum Gasteiger partial charge on any atom is 0.240 e. The van der Waals surface area contributed by atoms with Crippen molar-refractivity contribution in [2.24, 2.45) is 11.3 Å². The Kier molecular flexibility index (Phi) is 3.92. The molecule has 18 heavy (non-hydrogen) atoms. The smallest absolute Gasteiger partial charge is 0.240 e. The largest absolute Gasteiger partial charge is 0.473 e. The van der Waals surface area contributed by atoms with Crippen molar-refractivity contribution >= 4 is 17.5 Å². The predicted molar refractivity (Wildman–Crippen MR) is 71.5 cm³/mol. The second kappa shape index (κ2) is 5.28. The molecule has 5 nitrogen and oxygen atoms in total. The second-order valence-corrected chi connectivity index (χ2v) is 5.88. The van der Waals surface area contributed by atoms with E-state index >= 15 is 0 Å². The topological polar surface area (TPSA) is 73.1 Å². The molecule has 2 rings (SSSR count). The van der Waals surface area contributed by atoms with E-state index in [2.05, 4.69) is 29.2 Å². The van der Waals surface area contributed by atoms with Crippen LogP contribution < -0.4 is 16.0 Å². The summed E-state index contributed by atoms with van der Waals surface area (Å²) in [6.45, 7) is 4.58. The Morgan fingerprint density at radius 3 is 2.72 bits per heavy atom. The van der Waals surface area contributed by atoms with Gasteiger partial charge in [-0.3, -0.25) is 5.43 Å². The lowest BCUT2D eigenvalue weighted by Gasteiger charge is -2.34. The van der Waals surface area contributed by atoms with E-state index in [1.54, 1.807) is 0 Å². The van der Waals surface area contributed by atoms with Gasteiger partial charge in [-0.15, -0.1) is 0 Å². The number of anilines is 1. The molecule has 0 radical (unpaired) electrons. The minimum Gasteiger partial charge on any atom is -0.473 e. The molecule has 1 aromatic heterocycles. The molecule has 0 saturated heterocycles. The van der Waals surface area contributed by atoms with Crippen LogP contribution >= 0.6 is 11.6 Å². The van der Waals surface area contributed by atoms with Crippen molar-refractivity contribution < 1.29 is 4.74 Å². The van der Waals surface area contributed by atoms with Gasteiger partial charge in [-0.05, 0) is 31.1 Å². The van der Waals surface area contributed by atoms with E-state index in [0.717, 1.165) is 25.7 Å². The van der Waals surface area contributed by atoms with Crippen molar-refractivity contribution in [2.45, 2.75) is 45.6 Å². The van der Waals surface area contributed by atoms with E-state index in [4.69, 9.17) is 22.2 Å². The first-order valence-corrected chi connectivity index (χ1v) is 6.54. The number of hydrogen-bond acceptors (Lipinski definition) is 5. The SMILES string of the molecule is CC1(C)CCC(Oc2nc(NN)ncc2Cl)CC1. The normalized spacial score (nSPS) is 19.6. The lowest BCUT2D eigenvalue weighted by molar-refractivity contribution is 0.0950. The molecule has 0 aromatic carbocycles. The summed E-state index contributed by atoms with van der Waals surface area (Å²) >= 11 is 6.01. The minimum atomic E-state index is 0.177. The van der Waals surface area contributed by atoms with Crippen LogP contribution in [-0.2, 0) is 0 Å². The molecule has 1 aliphatic carbocycles. The van der Waals surface area contributed by atoms with E-state index in [1.165, 1.54) is 6.20 Å². The van der Waals surface area contributed by atoms with Gasteiger partial charge in [-0.1, -0.05) is 25.4 Å². The number of hydrazine groups is 1. The van der Waals surface area contributed by atoms with Crippen LogP contribution in [0.5, 0.6) is 5.88 Å². The Balaban J connectivity index is 2.01. The third-order valence-electron chi connectivity index (χ3n) is 3.41. The van der Waals surface area contributed by atoms with Crippen molar-refractivity contribution in [2.75, 3.05) is 5.43 Å². The van der Waals surface area contributed by atoms with Crippen molar-refractivity contribution in [3.05, 3.63) is 11.2 Å². The van der Waals surface area contributed by atoms with E-state index in [-0.39, 0.29) is 6.10 Å². The van der Waals surface area contributed by atoms with Gasteiger partial charge in [0.1, 0.15) is 11.1 Å². The van der Waals surface area contributed by atoms with Crippen LogP contribution in [0.2, 0.25) is 5.02 Å². The van der Waals surface area contributed by atoms with E-state index in [9.17, 15) is 0 Å². The van der Waals surface area contributed by atoms with Crippen LogP contribution in [0.25, 0.3) is 0 Å². The van der Waals surface area contributed by atoms with Crippen molar-refractivity contribution in [3.8, 4) is 5.88 Å². The van der Waals surface area contributed by atoms with Crippen molar-refractivity contribution in [3.63, 3.8) is 0 Å². The molecular formula is C12H19ClN4O. The average Bonchev–Trinajstić information content (AvgIpc) is 2.34. The Labute approximate surface area is 112 Å². The summed E-state index contributed by atoms with van der Waals surface area (Å²) in [5.74, 6) is 5.98. The number of halogens is 1.